The van der Waals surface area contributed by atoms with Gasteiger partial charge in [0.05, 0.1) is 12.2 Å². The highest BCUT2D eigenvalue weighted by atomic mass is 16.5. The molecule has 0 bridgehead atoms. The number of hydrogen-bond donors (Lipinski definition) is 2. The van der Waals surface area contributed by atoms with Gasteiger partial charge < -0.3 is 15.2 Å². The maximum atomic E-state index is 12.3. The van der Waals surface area contributed by atoms with Crippen LogP contribution in [0.25, 0.3) is 0 Å². The van der Waals surface area contributed by atoms with E-state index in [2.05, 4.69) is 11.4 Å². The summed E-state index contributed by atoms with van der Waals surface area (Å²) in [5.41, 5.74) is 2.15. The second-order valence-corrected chi connectivity index (χ2v) is 6.31. The molecule has 1 aliphatic carbocycles. The lowest BCUT2D eigenvalue weighted by molar-refractivity contribution is 0.0260. The van der Waals surface area contributed by atoms with Crippen LogP contribution in [0.1, 0.15) is 34.8 Å². The normalized spacial score (nSPS) is 19.4. The van der Waals surface area contributed by atoms with Crippen molar-refractivity contribution in [1.29, 1.82) is 0 Å². The number of benzene rings is 2. The van der Waals surface area contributed by atoms with Gasteiger partial charge in [-0.3, -0.25) is 4.79 Å². The molecule has 4 nitrogen and oxygen atoms in total. The summed E-state index contributed by atoms with van der Waals surface area (Å²) in [4.78, 5) is 12.3. The lowest BCUT2D eigenvalue weighted by Gasteiger charge is -2.33. The van der Waals surface area contributed by atoms with Crippen molar-refractivity contribution in [3.05, 3.63) is 65.2 Å². The highest BCUT2D eigenvalue weighted by molar-refractivity contribution is 5.94. The van der Waals surface area contributed by atoms with E-state index in [9.17, 15) is 9.90 Å². The summed E-state index contributed by atoms with van der Waals surface area (Å²) < 4.78 is 5.37. The molecule has 4 heteroatoms. The Kier molecular flexibility index (Phi) is 4.86. The molecule has 2 aromatic rings. The number of nitrogens with one attached hydrogen (secondary N) is 1. The van der Waals surface area contributed by atoms with Gasteiger partial charge in [-0.2, -0.15) is 0 Å². The Balaban J connectivity index is 1.60. The van der Waals surface area contributed by atoms with Crippen LogP contribution in [0.3, 0.4) is 0 Å². The molecule has 0 fully saturated rings. The summed E-state index contributed by atoms with van der Waals surface area (Å²) >= 11 is 0. The minimum absolute atomic E-state index is 0.176. The Labute approximate surface area is 142 Å². The molecule has 24 heavy (non-hydrogen) atoms. The van der Waals surface area contributed by atoms with E-state index in [1.807, 2.05) is 25.1 Å². The van der Waals surface area contributed by atoms with E-state index in [1.165, 1.54) is 11.1 Å². The van der Waals surface area contributed by atoms with Gasteiger partial charge in [0.2, 0.25) is 0 Å². The topological polar surface area (TPSA) is 58.6 Å². The first-order valence-corrected chi connectivity index (χ1v) is 8.40. The number of fused-ring (bicyclic) bond motifs is 1. The Bertz CT molecular complexity index is 711. The second kappa shape index (κ2) is 7.05. The van der Waals surface area contributed by atoms with E-state index >= 15 is 0 Å². The summed E-state index contributed by atoms with van der Waals surface area (Å²) in [7, 11) is 0. The number of aryl methyl sites for hydroxylation is 1. The zero-order chi connectivity index (χ0) is 17.0. The van der Waals surface area contributed by atoms with E-state index < -0.39 is 5.60 Å². The second-order valence-electron chi connectivity index (χ2n) is 6.31. The van der Waals surface area contributed by atoms with Crippen molar-refractivity contribution in [1.82, 2.24) is 5.32 Å². The zero-order valence-corrected chi connectivity index (χ0v) is 13.9. The van der Waals surface area contributed by atoms with Crippen molar-refractivity contribution < 1.29 is 14.6 Å². The largest absolute Gasteiger partial charge is 0.494 e. The number of ether oxygens (including phenoxy) is 1. The minimum Gasteiger partial charge on any atom is -0.494 e. The highest BCUT2D eigenvalue weighted by Gasteiger charge is 2.32. The summed E-state index contributed by atoms with van der Waals surface area (Å²) in [6.07, 6.45) is 2.08. The highest BCUT2D eigenvalue weighted by Crippen LogP contribution is 2.28. The van der Waals surface area contributed by atoms with Crippen LogP contribution in [0, 0.1) is 0 Å². The predicted molar refractivity (Wildman–Crippen MR) is 93.4 cm³/mol. The summed E-state index contributed by atoms with van der Waals surface area (Å²) in [5, 5.41) is 13.7. The quantitative estimate of drug-likeness (QED) is 0.889. The van der Waals surface area contributed by atoms with Gasteiger partial charge in [-0.15, -0.1) is 0 Å². The lowest BCUT2D eigenvalue weighted by Crippen LogP contribution is -2.46. The summed E-state index contributed by atoms with van der Waals surface area (Å²) in [6, 6.07) is 15.2. The molecule has 0 heterocycles. The van der Waals surface area contributed by atoms with Crippen molar-refractivity contribution >= 4 is 5.91 Å². The monoisotopic (exact) mass is 325 g/mol. The molecule has 0 saturated carbocycles. The van der Waals surface area contributed by atoms with E-state index in [1.54, 1.807) is 24.3 Å². The number of hydrogen-bond acceptors (Lipinski definition) is 3. The molecule has 1 atom stereocenters. The van der Waals surface area contributed by atoms with Gasteiger partial charge in [0.25, 0.3) is 5.91 Å². The molecule has 0 aliphatic heterocycles. The van der Waals surface area contributed by atoms with Gasteiger partial charge in [-0.05, 0) is 55.2 Å². The third kappa shape index (κ3) is 3.77. The number of carbonyl (C=O) groups excluding carboxylic acids is 1. The molecule has 1 unspecified atom stereocenters. The molecule has 1 aliphatic rings. The third-order valence-electron chi connectivity index (χ3n) is 4.50. The van der Waals surface area contributed by atoms with Crippen LogP contribution in [0.5, 0.6) is 5.75 Å². The van der Waals surface area contributed by atoms with Crippen molar-refractivity contribution in [2.45, 2.75) is 31.8 Å². The molecular weight excluding hydrogens is 302 g/mol. The smallest absolute Gasteiger partial charge is 0.251 e. The Hall–Kier alpha value is -2.33. The van der Waals surface area contributed by atoms with Crippen LogP contribution in [-0.2, 0) is 12.8 Å². The van der Waals surface area contributed by atoms with Crippen molar-refractivity contribution in [3.8, 4) is 5.75 Å². The van der Waals surface area contributed by atoms with E-state index in [-0.39, 0.29) is 12.5 Å². The summed E-state index contributed by atoms with van der Waals surface area (Å²) in [6.45, 7) is 2.77. The molecule has 0 saturated heterocycles. The minimum atomic E-state index is -0.880. The molecule has 126 valence electrons. The number of carbonyl (C=O) groups is 1. The molecule has 0 spiro atoms. The van der Waals surface area contributed by atoms with Gasteiger partial charge >= 0.3 is 0 Å². The average molecular weight is 325 g/mol. The van der Waals surface area contributed by atoms with Gasteiger partial charge in [0.1, 0.15) is 5.75 Å². The zero-order valence-electron chi connectivity index (χ0n) is 13.9. The Morgan fingerprint density at radius 2 is 1.88 bits per heavy atom. The number of aliphatic hydroxyl groups is 1. The van der Waals surface area contributed by atoms with Gasteiger partial charge in [0.15, 0.2) is 0 Å². The first-order chi connectivity index (χ1) is 11.6. The first-order valence-electron chi connectivity index (χ1n) is 8.40. The molecule has 1 amide bonds. The predicted octanol–water partition coefficient (Wildman–Crippen LogP) is 2.74. The van der Waals surface area contributed by atoms with E-state index in [0.717, 1.165) is 12.2 Å². The molecular formula is C20H23NO3. The molecule has 0 radical (unpaired) electrons. The summed E-state index contributed by atoms with van der Waals surface area (Å²) in [5.74, 6) is 0.571. The van der Waals surface area contributed by atoms with Gasteiger partial charge in [-0.1, -0.05) is 24.3 Å². The van der Waals surface area contributed by atoms with Crippen LogP contribution in [0.15, 0.2) is 48.5 Å². The Morgan fingerprint density at radius 1 is 1.17 bits per heavy atom. The first kappa shape index (κ1) is 16.5. The van der Waals surface area contributed by atoms with Gasteiger partial charge in [0, 0.05) is 18.5 Å². The van der Waals surface area contributed by atoms with Crippen molar-refractivity contribution in [2.24, 2.45) is 0 Å². The van der Waals surface area contributed by atoms with Crippen LogP contribution in [0.4, 0.5) is 0 Å². The fourth-order valence-electron chi connectivity index (χ4n) is 3.15. The average Bonchev–Trinajstić information content (AvgIpc) is 2.60. The van der Waals surface area contributed by atoms with Crippen LogP contribution in [-0.4, -0.2) is 29.8 Å². The number of rotatable bonds is 5. The molecule has 0 aromatic heterocycles. The molecule has 3 rings (SSSR count). The molecule has 2 aromatic carbocycles. The standard InChI is InChI=1S/C20H23NO3/c1-2-24-18-9-7-16(8-10-18)19(22)21-14-20(23)12-11-15-5-3-4-6-17(15)13-20/h3-10,23H,2,11-14H2,1H3,(H,21,22). The SMILES string of the molecule is CCOc1ccc(C(=O)NCC2(O)CCc3ccccc3C2)cc1. The van der Waals surface area contributed by atoms with Crippen LogP contribution in [0.2, 0.25) is 0 Å². The van der Waals surface area contributed by atoms with Crippen molar-refractivity contribution in [2.75, 3.05) is 13.2 Å². The van der Waals surface area contributed by atoms with Crippen molar-refractivity contribution in [3.63, 3.8) is 0 Å². The maximum absolute atomic E-state index is 12.3. The number of amides is 1. The maximum Gasteiger partial charge on any atom is 0.251 e. The van der Waals surface area contributed by atoms with E-state index in [0.29, 0.717) is 25.0 Å². The van der Waals surface area contributed by atoms with Crippen LogP contribution >= 0.6 is 0 Å². The fraction of sp³-hybridized carbons (Fsp3) is 0.350. The van der Waals surface area contributed by atoms with Crippen LogP contribution < -0.4 is 10.1 Å². The third-order valence-corrected chi connectivity index (χ3v) is 4.50. The van der Waals surface area contributed by atoms with E-state index in [4.69, 9.17) is 4.74 Å². The lowest BCUT2D eigenvalue weighted by atomic mass is 9.80. The molecule has 2 N–H and O–H groups in total. The fourth-order valence-corrected chi connectivity index (χ4v) is 3.15. The van der Waals surface area contributed by atoms with Gasteiger partial charge in [-0.25, -0.2) is 0 Å². The Morgan fingerprint density at radius 3 is 2.58 bits per heavy atom.